The molecule has 0 spiro atoms. The van der Waals surface area contributed by atoms with Crippen molar-refractivity contribution < 1.29 is 9.53 Å². The van der Waals surface area contributed by atoms with Gasteiger partial charge in [-0.1, -0.05) is 48.5 Å². The largest absolute Gasteiger partial charge is 0.428 e. The fourth-order valence-corrected chi connectivity index (χ4v) is 2.87. The van der Waals surface area contributed by atoms with Crippen LogP contribution >= 0.6 is 0 Å². The number of rotatable bonds is 2. The second-order valence-corrected chi connectivity index (χ2v) is 4.60. The fourth-order valence-electron chi connectivity index (χ4n) is 2.87. The number of carbonyl (C=O) groups is 1. The highest BCUT2D eigenvalue weighted by Crippen LogP contribution is 2.54. The van der Waals surface area contributed by atoms with Crippen LogP contribution in [0.3, 0.4) is 0 Å². The molecule has 0 saturated carbocycles. The summed E-state index contributed by atoms with van der Waals surface area (Å²) in [5.74, 6) is 0.636. The van der Waals surface area contributed by atoms with E-state index in [2.05, 4.69) is 30.3 Å². The van der Waals surface area contributed by atoms with Gasteiger partial charge in [-0.2, -0.15) is 0 Å². The van der Waals surface area contributed by atoms with Gasteiger partial charge in [0.2, 0.25) is 0 Å². The van der Waals surface area contributed by atoms with E-state index in [0.717, 1.165) is 11.1 Å². The van der Waals surface area contributed by atoms with Crippen molar-refractivity contribution in [2.75, 3.05) is 0 Å². The molecular weight excluding hydrogens is 236 g/mol. The lowest BCUT2D eigenvalue weighted by atomic mass is 9.77. The van der Waals surface area contributed by atoms with Gasteiger partial charge in [-0.25, -0.2) is 0 Å². The summed E-state index contributed by atoms with van der Waals surface area (Å²) in [4.78, 5) is 10.6. The number of hydrogen-bond donors (Lipinski definition) is 0. The van der Waals surface area contributed by atoms with Crippen molar-refractivity contribution in [3.05, 3.63) is 54.6 Å². The lowest BCUT2D eigenvalue weighted by Crippen LogP contribution is -2.03. The van der Waals surface area contributed by atoms with Crippen LogP contribution in [0.4, 0.5) is 0 Å². The van der Waals surface area contributed by atoms with Gasteiger partial charge in [0.1, 0.15) is 5.75 Å². The zero-order chi connectivity index (χ0) is 12.8. The Hall–Kier alpha value is -2.61. The van der Waals surface area contributed by atoms with E-state index >= 15 is 0 Å². The standard InChI is InChI=1S/C17H10O2/c18-10-19-15-7-3-6-13-14-9-8-11-4-1-2-5-12(11)16(14)17(13)15/h1-10H. The Morgan fingerprint density at radius 2 is 1.63 bits per heavy atom. The van der Waals surface area contributed by atoms with E-state index in [1.54, 1.807) is 0 Å². The number of fused-ring (bicyclic) bond motifs is 6. The topological polar surface area (TPSA) is 26.3 Å². The average Bonchev–Trinajstić information content (AvgIpc) is 2.43. The molecule has 0 amide bonds. The van der Waals surface area contributed by atoms with Crippen molar-refractivity contribution in [1.82, 2.24) is 0 Å². The molecule has 0 fully saturated rings. The zero-order valence-corrected chi connectivity index (χ0v) is 10.1. The third kappa shape index (κ3) is 1.28. The van der Waals surface area contributed by atoms with Crippen LogP contribution in [0.15, 0.2) is 54.6 Å². The van der Waals surface area contributed by atoms with Crippen molar-refractivity contribution in [1.29, 1.82) is 0 Å². The summed E-state index contributed by atoms with van der Waals surface area (Å²) in [6.45, 7) is 0.485. The van der Waals surface area contributed by atoms with Gasteiger partial charge in [0.15, 0.2) is 0 Å². The van der Waals surface area contributed by atoms with Gasteiger partial charge in [0, 0.05) is 11.1 Å². The van der Waals surface area contributed by atoms with Crippen molar-refractivity contribution >= 4 is 17.2 Å². The van der Waals surface area contributed by atoms with E-state index in [-0.39, 0.29) is 0 Å². The van der Waals surface area contributed by atoms with Crippen LogP contribution in [0.2, 0.25) is 0 Å². The van der Waals surface area contributed by atoms with Crippen LogP contribution in [-0.4, -0.2) is 6.47 Å². The molecule has 0 bridgehead atoms. The Morgan fingerprint density at radius 1 is 0.789 bits per heavy atom. The van der Waals surface area contributed by atoms with E-state index in [9.17, 15) is 4.79 Å². The second kappa shape index (κ2) is 3.69. The highest BCUT2D eigenvalue weighted by atomic mass is 16.5. The SMILES string of the molecule is O=COc1cccc2c1-c1c-2ccc2ccccc12. The average molecular weight is 246 g/mol. The number of carbonyl (C=O) groups excluding carboxylic acids is 1. The molecule has 4 rings (SSSR count). The molecule has 3 aromatic carbocycles. The maximum Gasteiger partial charge on any atom is 0.298 e. The third-order valence-electron chi connectivity index (χ3n) is 3.67. The molecule has 0 heterocycles. The van der Waals surface area contributed by atoms with Crippen LogP contribution in [0, 0.1) is 0 Å². The molecule has 0 aliphatic heterocycles. The van der Waals surface area contributed by atoms with Gasteiger partial charge in [0.05, 0.1) is 0 Å². The molecule has 1 aliphatic rings. The summed E-state index contributed by atoms with van der Waals surface area (Å²) in [6, 6.07) is 18.3. The Bertz CT molecular complexity index is 819. The lowest BCUT2D eigenvalue weighted by molar-refractivity contribution is -0.120. The quantitative estimate of drug-likeness (QED) is 0.499. The molecule has 2 heteroatoms. The molecule has 19 heavy (non-hydrogen) atoms. The maximum atomic E-state index is 10.6. The normalized spacial score (nSPS) is 11.4. The summed E-state index contributed by atoms with van der Waals surface area (Å²) >= 11 is 0. The highest BCUT2D eigenvalue weighted by molar-refractivity contribution is 6.16. The van der Waals surface area contributed by atoms with Gasteiger partial charge in [-0.3, -0.25) is 4.79 Å². The molecule has 0 aromatic heterocycles. The van der Waals surface area contributed by atoms with E-state index < -0.39 is 0 Å². The summed E-state index contributed by atoms with van der Waals surface area (Å²) in [5.41, 5.74) is 4.61. The molecule has 90 valence electrons. The minimum Gasteiger partial charge on any atom is -0.428 e. The van der Waals surface area contributed by atoms with Crippen molar-refractivity contribution in [3.63, 3.8) is 0 Å². The monoisotopic (exact) mass is 246 g/mol. The van der Waals surface area contributed by atoms with Crippen LogP contribution in [0.25, 0.3) is 33.0 Å². The Balaban J connectivity index is 2.06. The van der Waals surface area contributed by atoms with Crippen molar-refractivity contribution in [2.45, 2.75) is 0 Å². The highest BCUT2D eigenvalue weighted by Gasteiger charge is 2.27. The predicted octanol–water partition coefficient (Wildman–Crippen LogP) is 4.02. The minimum absolute atomic E-state index is 0.485. The van der Waals surface area contributed by atoms with Crippen LogP contribution in [-0.2, 0) is 4.79 Å². The minimum atomic E-state index is 0.485. The van der Waals surface area contributed by atoms with Gasteiger partial charge < -0.3 is 4.74 Å². The van der Waals surface area contributed by atoms with Crippen LogP contribution < -0.4 is 4.74 Å². The smallest absolute Gasteiger partial charge is 0.298 e. The molecule has 1 aliphatic carbocycles. The van der Waals surface area contributed by atoms with Crippen molar-refractivity contribution in [3.8, 4) is 28.0 Å². The number of ether oxygens (including phenoxy) is 1. The van der Waals surface area contributed by atoms with Crippen molar-refractivity contribution in [2.24, 2.45) is 0 Å². The molecule has 0 N–H and O–H groups in total. The summed E-state index contributed by atoms with van der Waals surface area (Å²) in [7, 11) is 0. The molecule has 0 atom stereocenters. The first-order valence-electron chi connectivity index (χ1n) is 6.16. The first-order valence-corrected chi connectivity index (χ1v) is 6.16. The van der Waals surface area contributed by atoms with Gasteiger partial charge >= 0.3 is 0 Å². The fraction of sp³-hybridized carbons (Fsp3) is 0. The Labute approximate surface area is 110 Å². The summed E-state index contributed by atoms with van der Waals surface area (Å²) in [6.07, 6.45) is 0. The summed E-state index contributed by atoms with van der Waals surface area (Å²) < 4.78 is 5.09. The molecule has 2 nitrogen and oxygen atoms in total. The molecule has 0 saturated heterocycles. The van der Waals surface area contributed by atoms with Crippen LogP contribution in [0.1, 0.15) is 0 Å². The van der Waals surface area contributed by atoms with Gasteiger partial charge in [0.25, 0.3) is 6.47 Å². The number of hydrogen-bond acceptors (Lipinski definition) is 2. The van der Waals surface area contributed by atoms with E-state index in [1.807, 2.05) is 24.3 Å². The first-order chi connectivity index (χ1) is 9.40. The Morgan fingerprint density at radius 3 is 2.53 bits per heavy atom. The molecule has 0 radical (unpaired) electrons. The zero-order valence-electron chi connectivity index (χ0n) is 10.1. The lowest BCUT2D eigenvalue weighted by Gasteiger charge is -2.27. The predicted molar refractivity (Wildman–Crippen MR) is 75.1 cm³/mol. The van der Waals surface area contributed by atoms with Crippen LogP contribution in [0.5, 0.6) is 5.75 Å². The summed E-state index contributed by atoms with van der Waals surface area (Å²) in [5, 5.41) is 2.40. The van der Waals surface area contributed by atoms with E-state index in [0.29, 0.717) is 12.2 Å². The molecular formula is C17H10O2. The first kappa shape index (κ1) is 10.3. The number of benzene rings is 3. The van der Waals surface area contributed by atoms with Gasteiger partial charge in [-0.15, -0.1) is 0 Å². The third-order valence-corrected chi connectivity index (χ3v) is 3.67. The Kier molecular flexibility index (Phi) is 2.00. The molecule has 3 aromatic rings. The van der Waals surface area contributed by atoms with Gasteiger partial charge in [-0.05, 0) is 28.0 Å². The maximum absolute atomic E-state index is 10.6. The second-order valence-electron chi connectivity index (χ2n) is 4.60. The molecule has 0 unspecified atom stereocenters. The van der Waals surface area contributed by atoms with E-state index in [4.69, 9.17) is 4.74 Å². The van der Waals surface area contributed by atoms with E-state index in [1.165, 1.54) is 21.9 Å².